The van der Waals surface area contributed by atoms with Crippen molar-refractivity contribution in [2.75, 3.05) is 5.75 Å². The van der Waals surface area contributed by atoms with E-state index in [1.165, 1.54) is 4.90 Å². The summed E-state index contributed by atoms with van der Waals surface area (Å²) in [5.41, 5.74) is 2.04. The molecule has 0 aromatic heterocycles. The Morgan fingerprint density at radius 1 is 1.18 bits per heavy atom. The molecule has 2 aromatic rings. The summed E-state index contributed by atoms with van der Waals surface area (Å²) in [6.07, 6.45) is 4.31. The maximum Gasteiger partial charge on any atom is 0.120 e. The lowest BCUT2D eigenvalue weighted by molar-refractivity contribution is -0.193. The summed E-state index contributed by atoms with van der Waals surface area (Å²) >= 11 is 1.85. The molecule has 0 aliphatic carbocycles. The third-order valence-corrected chi connectivity index (χ3v) is 6.99. The van der Waals surface area contributed by atoms with Crippen LogP contribution in [0.15, 0.2) is 53.4 Å². The maximum absolute atomic E-state index is 11.6. The highest BCUT2D eigenvalue weighted by Gasteiger charge is 2.42. The van der Waals surface area contributed by atoms with Gasteiger partial charge < -0.3 is 9.94 Å². The van der Waals surface area contributed by atoms with E-state index in [1.54, 1.807) is 5.06 Å². The molecular weight excluding hydrogens is 366 g/mol. The van der Waals surface area contributed by atoms with Gasteiger partial charge in [-0.25, -0.2) is 0 Å². The Bertz CT molecular complexity index is 764. The number of hydrogen-bond donors (Lipinski definition) is 1. The fourth-order valence-electron chi connectivity index (χ4n) is 3.98. The number of thioether (sulfide) groups is 1. The number of ether oxygens (including phenoxy) is 1. The molecule has 152 valence electrons. The van der Waals surface area contributed by atoms with E-state index in [4.69, 9.17) is 4.74 Å². The van der Waals surface area contributed by atoms with Gasteiger partial charge >= 0.3 is 0 Å². The third-order valence-electron chi connectivity index (χ3n) is 5.65. The van der Waals surface area contributed by atoms with Crippen molar-refractivity contribution < 1.29 is 9.94 Å². The third kappa shape index (κ3) is 4.40. The second kappa shape index (κ2) is 9.34. The molecule has 0 bridgehead atoms. The van der Waals surface area contributed by atoms with E-state index >= 15 is 0 Å². The minimum atomic E-state index is -0.237. The Labute approximate surface area is 174 Å². The van der Waals surface area contributed by atoms with E-state index in [-0.39, 0.29) is 17.7 Å². The zero-order valence-corrected chi connectivity index (χ0v) is 18.3. The molecule has 1 aliphatic rings. The van der Waals surface area contributed by atoms with Gasteiger partial charge in [-0.05, 0) is 49.9 Å². The average Bonchev–Trinajstić information content (AvgIpc) is 2.81. The van der Waals surface area contributed by atoms with Crippen LogP contribution in [0, 0.1) is 0 Å². The molecule has 0 spiro atoms. The van der Waals surface area contributed by atoms with E-state index in [1.807, 2.05) is 37.7 Å². The first-order valence-electron chi connectivity index (χ1n) is 10.5. The predicted molar refractivity (Wildman–Crippen MR) is 117 cm³/mol. The van der Waals surface area contributed by atoms with E-state index in [0.29, 0.717) is 0 Å². The predicted octanol–water partition coefficient (Wildman–Crippen LogP) is 6.70. The first kappa shape index (κ1) is 21.2. The van der Waals surface area contributed by atoms with Crippen LogP contribution in [0.4, 0.5) is 0 Å². The minimum Gasteiger partial charge on any atom is -0.491 e. The van der Waals surface area contributed by atoms with Crippen molar-refractivity contribution in [3.8, 4) is 5.75 Å². The van der Waals surface area contributed by atoms with E-state index in [2.05, 4.69) is 50.2 Å². The topological polar surface area (TPSA) is 32.7 Å². The second-order valence-electron chi connectivity index (χ2n) is 7.99. The van der Waals surface area contributed by atoms with Crippen molar-refractivity contribution in [3.05, 3.63) is 59.7 Å². The summed E-state index contributed by atoms with van der Waals surface area (Å²) in [5.74, 6) is 1.77. The zero-order chi connectivity index (χ0) is 20.1. The van der Waals surface area contributed by atoms with Gasteiger partial charge in [-0.2, -0.15) is 5.06 Å². The van der Waals surface area contributed by atoms with Gasteiger partial charge in [0, 0.05) is 10.6 Å². The summed E-state index contributed by atoms with van der Waals surface area (Å²) in [5, 5.41) is 13.3. The summed E-state index contributed by atoms with van der Waals surface area (Å²) < 4.78 is 5.94. The molecule has 0 fully saturated rings. The number of fused-ring (bicyclic) bond motifs is 1. The van der Waals surface area contributed by atoms with Crippen molar-refractivity contribution in [1.82, 2.24) is 5.06 Å². The molecular formula is C24H33NO2S. The van der Waals surface area contributed by atoms with Crippen molar-refractivity contribution in [2.24, 2.45) is 0 Å². The highest BCUT2D eigenvalue weighted by Crippen LogP contribution is 2.47. The van der Waals surface area contributed by atoms with Crippen LogP contribution >= 0.6 is 11.8 Å². The number of hydroxylamine groups is 2. The highest BCUT2D eigenvalue weighted by atomic mass is 32.2. The molecule has 1 N–H and O–H groups in total. The van der Waals surface area contributed by atoms with Crippen molar-refractivity contribution in [2.45, 2.75) is 76.0 Å². The second-order valence-corrected chi connectivity index (χ2v) is 9.01. The average molecular weight is 400 g/mol. The Hall–Kier alpha value is -1.49. The van der Waals surface area contributed by atoms with Crippen LogP contribution < -0.4 is 4.74 Å². The fourth-order valence-corrected chi connectivity index (χ4v) is 5.44. The van der Waals surface area contributed by atoms with Crippen molar-refractivity contribution in [1.29, 1.82) is 0 Å². The molecule has 4 heteroatoms. The lowest BCUT2D eigenvalue weighted by atomic mass is 9.87. The van der Waals surface area contributed by atoms with Gasteiger partial charge in [-0.15, -0.1) is 11.8 Å². The Morgan fingerprint density at radius 2 is 1.93 bits per heavy atom. The van der Waals surface area contributed by atoms with Crippen LogP contribution in [-0.4, -0.2) is 27.7 Å². The highest BCUT2D eigenvalue weighted by molar-refractivity contribution is 7.99. The van der Waals surface area contributed by atoms with Gasteiger partial charge in [0.15, 0.2) is 0 Å². The lowest BCUT2D eigenvalue weighted by Crippen LogP contribution is -2.49. The molecule has 0 amide bonds. The normalized spacial score (nSPS) is 22.7. The van der Waals surface area contributed by atoms with Crippen LogP contribution in [0.1, 0.15) is 70.5 Å². The number of nitrogens with zero attached hydrogens (tertiary/aromatic N) is 1. The van der Waals surface area contributed by atoms with E-state index in [9.17, 15) is 5.21 Å². The smallest absolute Gasteiger partial charge is 0.120 e. The van der Waals surface area contributed by atoms with Gasteiger partial charge in [-0.3, -0.25) is 0 Å². The first-order valence-corrected chi connectivity index (χ1v) is 11.5. The summed E-state index contributed by atoms with van der Waals surface area (Å²) in [6.45, 7) is 8.51. The monoisotopic (exact) mass is 399 g/mol. The van der Waals surface area contributed by atoms with Crippen LogP contribution in [-0.2, 0) is 0 Å². The number of rotatable bonds is 7. The molecule has 3 nitrogen and oxygen atoms in total. The molecule has 2 aromatic carbocycles. The molecule has 0 radical (unpaired) electrons. The molecule has 3 rings (SSSR count). The summed E-state index contributed by atoms with van der Waals surface area (Å²) in [7, 11) is 0. The SMILES string of the molecule is CCCC[C@]1(CC)CSc2cc(OC(C)C)ccc2[C@H](c2ccccc2)N1O. The van der Waals surface area contributed by atoms with Crippen molar-refractivity contribution in [3.63, 3.8) is 0 Å². The number of benzene rings is 2. The fraction of sp³-hybridized carbons (Fsp3) is 0.500. The molecule has 0 unspecified atom stereocenters. The van der Waals surface area contributed by atoms with Gasteiger partial charge in [0.1, 0.15) is 5.75 Å². The minimum absolute atomic E-state index is 0.146. The number of unbranched alkanes of at least 4 members (excludes halogenated alkanes) is 1. The Morgan fingerprint density at radius 3 is 2.57 bits per heavy atom. The molecule has 0 saturated carbocycles. The lowest BCUT2D eigenvalue weighted by Gasteiger charge is -2.42. The van der Waals surface area contributed by atoms with Crippen molar-refractivity contribution >= 4 is 11.8 Å². The van der Waals surface area contributed by atoms with Gasteiger partial charge in [0.25, 0.3) is 0 Å². The van der Waals surface area contributed by atoms with Crippen LogP contribution in [0.25, 0.3) is 0 Å². The molecule has 0 saturated heterocycles. The summed E-state index contributed by atoms with van der Waals surface area (Å²) in [6, 6.07) is 16.5. The van der Waals surface area contributed by atoms with E-state index in [0.717, 1.165) is 48.3 Å². The zero-order valence-electron chi connectivity index (χ0n) is 17.5. The quantitative estimate of drug-likeness (QED) is 0.561. The molecule has 1 heterocycles. The van der Waals surface area contributed by atoms with Gasteiger partial charge in [-0.1, -0.05) is 63.1 Å². The largest absolute Gasteiger partial charge is 0.491 e. The molecule has 2 atom stereocenters. The van der Waals surface area contributed by atoms with E-state index < -0.39 is 0 Å². The standard InChI is InChI=1S/C24H33NO2S/c1-5-7-15-24(6-2)17-28-22-16-20(27-18(3)4)13-14-21(22)23(25(24)26)19-11-9-8-10-12-19/h8-14,16,18,23,26H,5-7,15,17H2,1-4H3/t23-,24+/m0/s1. The van der Waals surface area contributed by atoms with Crippen LogP contribution in [0.2, 0.25) is 0 Å². The van der Waals surface area contributed by atoms with Gasteiger partial charge in [0.05, 0.1) is 17.7 Å². The number of hydrogen-bond acceptors (Lipinski definition) is 4. The molecule has 1 aliphatic heterocycles. The van der Waals surface area contributed by atoms with Gasteiger partial charge in [0.2, 0.25) is 0 Å². The Balaban J connectivity index is 2.09. The first-order chi connectivity index (χ1) is 13.5. The Kier molecular flexibility index (Phi) is 7.08. The summed E-state index contributed by atoms with van der Waals surface area (Å²) in [4.78, 5) is 1.21. The molecule has 28 heavy (non-hydrogen) atoms. The van der Waals surface area contributed by atoms with Crippen LogP contribution in [0.5, 0.6) is 5.75 Å². The van der Waals surface area contributed by atoms with Crippen LogP contribution in [0.3, 0.4) is 0 Å². The maximum atomic E-state index is 11.6.